The summed E-state index contributed by atoms with van der Waals surface area (Å²) in [7, 11) is 0. The molecule has 0 spiro atoms. The monoisotopic (exact) mass is 1870 g/mol. The van der Waals surface area contributed by atoms with Crippen LogP contribution in [0.4, 0.5) is 0 Å². The Kier molecular flexibility index (Phi) is 19.7. The lowest BCUT2D eigenvalue weighted by Gasteiger charge is -2.16. The Morgan fingerprint density at radius 1 is 0.156 bits per heavy atom. The molecule has 0 radical (unpaired) electrons. The number of benzene rings is 22. The summed E-state index contributed by atoms with van der Waals surface area (Å²) in [6, 6.07) is 172. The lowest BCUT2D eigenvalue weighted by Crippen LogP contribution is -2.02. The van der Waals surface area contributed by atoms with E-state index in [1.54, 1.807) is 0 Å². The molecule has 0 saturated heterocycles. The molecule has 147 heavy (non-hydrogen) atoms. The van der Waals surface area contributed by atoms with Gasteiger partial charge in [0.15, 0.2) is 34.9 Å². The third kappa shape index (κ3) is 14.0. The number of para-hydroxylation sites is 1. The second kappa shape index (κ2) is 34.5. The van der Waals surface area contributed by atoms with Crippen LogP contribution < -0.4 is 0 Å². The van der Waals surface area contributed by atoms with Gasteiger partial charge in [0.05, 0.1) is 33.4 Å². The molecular formula is C136H83N11. The van der Waals surface area contributed by atoms with Crippen molar-refractivity contribution in [3.63, 3.8) is 0 Å². The number of fused-ring (bicyclic) bond motifs is 24. The van der Waals surface area contributed by atoms with Gasteiger partial charge in [0, 0.05) is 124 Å². The van der Waals surface area contributed by atoms with Gasteiger partial charge in [-0.1, -0.05) is 419 Å². The van der Waals surface area contributed by atoms with E-state index in [0.29, 0.717) is 40.9 Å². The Hall–Kier alpha value is -19.9. The van der Waals surface area contributed by atoms with Gasteiger partial charge in [0.1, 0.15) is 0 Å². The van der Waals surface area contributed by atoms with E-state index in [-0.39, 0.29) is 0 Å². The molecule has 6 heterocycles. The largest absolute Gasteiger partial charge is 0.316 e. The summed E-state index contributed by atoms with van der Waals surface area (Å²) in [5.41, 5.74) is 36.8. The molecule has 682 valence electrons. The standard InChI is InChI=1S/2C49H30N4.C38H23N3/c1-3-15-31(16-4-1)47-50-48(32-17-5-2-6-18-32)52-49(51-47)41-27-28-43(39-25-13-11-24-38(39)41)53-30-42-37-23-10-9-21-35(37)36-22-12-14-26-40(36)45-34-20-8-7-19-33(34)29-44(53)46(42)45;1-2-13-32(14-3-1)47-50-48(52-49(51-47)36-23-22-31-12-4-5-15-34(31)28-36)33-24-26-37(27-25-33)53-30-43-41-20-9-8-18-39(41)40-19-10-11-21-42(40)45-38-17-7-6-16-35(38)29-44(53)46(43)45;1-2-12-24(13-3-1)37-31-20-10-11-21-33(31)39-38(40-37)41-23-32-29-18-7-6-16-27(29)28-17-8-9-19-30(28)35-26-15-5-4-14-25(26)22-34(41)36(32)35/h2*1-30H;1-23H. The summed E-state index contributed by atoms with van der Waals surface area (Å²) in [6.07, 6.45) is 6.92. The predicted molar refractivity (Wildman–Crippen MR) is 605 cm³/mol. The summed E-state index contributed by atoms with van der Waals surface area (Å²) < 4.78 is 6.94. The molecule has 0 unspecified atom stereocenters. The summed E-state index contributed by atoms with van der Waals surface area (Å²) in [6.45, 7) is 0. The predicted octanol–water partition coefficient (Wildman–Crippen LogP) is 34.6. The van der Waals surface area contributed by atoms with Gasteiger partial charge in [0.2, 0.25) is 5.95 Å². The summed E-state index contributed by atoms with van der Waals surface area (Å²) >= 11 is 0. The Labute approximate surface area is 846 Å². The maximum atomic E-state index is 5.24. The van der Waals surface area contributed by atoms with Crippen molar-refractivity contribution in [3.8, 4) is 197 Å². The van der Waals surface area contributed by atoms with Crippen LogP contribution in [0.15, 0.2) is 504 Å². The minimum atomic E-state index is 0.639. The highest BCUT2D eigenvalue weighted by molar-refractivity contribution is 6.26. The molecule has 0 fully saturated rings. The molecule has 0 N–H and O–H groups in total. The third-order valence-corrected chi connectivity index (χ3v) is 29.6. The Morgan fingerprint density at radius 2 is 0.463 bits per heavy atom. The van der Waals surface area contributed by atoms with Crippen molar-refractivity contribution in [1.82, 2.24) is 53.6 Å². The fourth-order valence-electron chi connectivity index (χ4n) is 22.9. The van der Waals surface area contributed by atoms with Gasteiger partial charge in [-0.25, -0.2) is 39.9 Å². The SMILES string of the molecule is c1ccc(-c2nc(-c3ccc(-n4cc5c6c(c7ccccc7cc64)-c4ccccc4-c4ccccc4-5)cc3)nc(-c3ccc4ccccc4c3)n2)cc1.c1ccc(-c2nc(-c3ccccc3)nc(-c3ccc(-n4cc5c6c(c7ccccc7cc64)-c4ccccc4-c4ccccc4-5)c4ccccc34)n2)cc1.c1ccc(-c2nc(-n3cc4c5c(c6ccccc6cc53)-c3ccccc3-c3ccccc3-4)nc3ccccc23)cc1. The summed E-state index contributed by atoms with van der Waals surface area (Å²) in [5.74, 6) is 4.56. The van der Waals surface area contributed by atoms with E-state index in [9.17, 15) is 0 Å². The van der Waals surface area contributed by atoms with E-state index in [4.69, 9.17) is 39.9 Å². The molecule has 0 bridgehead atoms. The molecular weight excluding hydrogens is 1790 g/mol. The second-order valence-electron chi connectivity index (χ2n) is 37.9. The molecule has 0 saturated carbocycles. The first-order chi connectivity index (χ1) is 72.9. The normalized spacial score (nSPS) is 11.8. The first-order valence-electron chi connectivity index (χ1n) is 49.8. The number of rotatable bonds is 10. The molecule has 0 atom stereocenters. The molecule has 0 amide bonds. The first-order valence-corrected chi connectivity index (χ1v) is 49.8. The van der Waals surface area contributed by atoms with Crippen LogP contribution in [0.5, 0.6) is 0 Å². The van der Waals surface area contributed by atoms with Crippen LogP contribution in [0.2, 0.25) is 0 Å². The highest BCUT2D eigenvalue weighted by Crippen LogP contribution is 2.57. The minimum Gasteiger partial charge on any atom is -0.316 e. The van der Waals surface area contributed by atoms with E-state index < -0.39 is 0 Å². The van der Waals surface area contributed by atoms with E-state index in [0.717, 1.165) is 88.6 Å². The minimum absolute atomic E-state index is 0.639. The third-order valence-electron chi connectivity index (χ3n) is 29.6. The fourth-order valence-corrected chi connectivity index (χ4v) is 22.9. The zero-order valence-corrected chi connectivity index (χ0v) is 79.3. The van der Waals surface area contributed by atoms with Crippen molar-refractivity contribution in [2.24, 2.45) is 0 Å². The first kappa shape index (κ1) is 84.0. The van der Waals surface area contributed by atoms with E-state index in [1.165, 1.54) is 165 Å². The Balaban J connectivity index is 0.000000105. The number of hydrogen-bond acceptors (Lipinski definition) is 8. The van der Waals surface area contributed by atoms with Crippen LogP contribution in [0, 0.1) is 0 Å². The van der Waals surface area contributed by atoms with E-state index in [2.05, 4.69) is 414 Å². The maximum absolute atomic E-state index is 5.24. The second-order valence-corrected chi connectivity index (χ2v) is 37.9. The molecule has 11 heteroatoms. The van der Waals surface area contributed by atoms with Crippen molar-refractivity contribution >= 4 is 97.5 Å². The zero-order valence-electron chi connectivity index (χ0n) is 79.3. The van der Waals surface area contributed by atoms with Crippen LogP contribution in [0.25, 0.3) is 295 Å². The van der Waals surface area contributed by atoms with Crippen molar-refractivity contribution in [1.29, 1.82) is 0 Å². The number of hydrogen-bond donors (Lipinski definition) is 0. The summed E-state index contributed by atoms with van der Waals surface area (Å²) in [5, 5.41) is 16.8. The van der Waals surface area contributed by atoms with Crippen LogP contribution in [0.1, 0.15) is 0 Å². The quantitative estimate of drug-likeness (QED) is 0.133. The maximum Gasteiger partial charge on any atom is 0.235 e. The highest BCUT2D eigenvalue weighted by atomic mass is 15.2. The van der Waals surface area contributed by atoms with Gasteiger partial charge in [0.25, 0.3) is 0 Å². The van der Waals surface area contributed by atoms with Crippen molar-refractivity contribution in [3.05, 3.63) is 504 Å². The fraction of sp³-hybridized carbons (Fsp3) is 0. The number of nitrogens with zero attached hydrogens (tertiary/aromatic N) is 11. The van der Waals surface area contributed by atoms with Gasteiger partial charge in [-0.3, -0.25) is 4.57 Å². The van der Waals surface area contributed by atoms with Gasteiger partial charge in [-0.05, 0) is 182 Å². The van der Waals surface area contributed by atoms with Crippen LogP contribution in [-0.4, -0.2) is 53.6 Å². The molecule has 22 aromatic carbocycles. The topological polar surface area (TPSA) is 118 Å². The van der Waals surface area contributed by atoms with Crippen molar-refractivity contribution in [2.75, 3.05) is 0 Å². The molecule has 0 aliphatic heterocycles. The van der Waals surface area contributed by atoms with Gasteiger partial charge in [-0.2, -0.15) is 0 Å². The van der Waals surface area contributed by atoms with Crippen molar-refractivity contribution in [2.45, 2.75) is 0 Å². The summed E-state index contributed by atoms with van der Waals surface area (Å²) in [4.78, 5) is 40.6. The average molecular weight is 1870 g/mol. The van der Waals surface area contributed by atoms with Crippen LogP contribution in [-0.2, 0) is 0 Å². The Bertz CT molecular complexity index is 10200. The molecule has 31 rings (SSSR count). The molecule has 6 aromatic heterocycles. The Morgan fingerprint density at radius 3 is 0.912 bits per heavy atom. The zero-order chi connectivity index (χ0) is 96.7. The van der Waals surface area contributed by atoms with Crippen molar-refractivity contribution < 1.29 is 0 Å². The van der Waals surface area contributed by atoms with Crippen LogP contribution >= 0.6 is 0 Å². The van der Waals surface area contributed by atoms with Gasteiger partial charge >= 0.3 is 0 Å². The average Bonchev–Trinajstić information content (AvgIpc) is 1.54. The lowest BCUT2D eigenvalue weighted by molar-refractivity contribution is 0.985. The molecule has 28 aromatic rings. The van der Waals surface area contributed by atoms with Gasteiger partial charge in [-0.15, -0.1) is 0 Å². The smallest absolute Gasteiger partial charge is 0.235 e. The van der Waals surface area contributed by atoms with Crippen LogP contribution in [0.3, 0.4) is 0 Å². The van der Waals surface area contributed by atoms with E-state index in [1.807, 2.05) is 103 Å². The number of aromatic nitrogens is 11. The molecule has 3 aliphatic rings. The molecule has 3 aliphatic carbocycles. The lowest BCUT2D eigenvalue weighted by atomic mass is 9.91. The van der Waals surface area contributed by atoms with Gasteiger partial charge < -0.3 is 9.13 Å². The molecule has 11 nitrogen and oxygen atoms in total. The van der Waals surface area contributed by atoms with E-state index >= 15 is 0 Å². The highest BCUT2D eigenvalue weighted by Gasteiger charge is 2.33.